The molecule has 1 aliphatic heterocycles. The van der Waals surface area contributed by atoms with E-state index in [-0.39, 0.29) is 23.2 Å². The quantitative estimate of drug-likeness (QED) is 0.416. The Balaban J connectivity index is 1.80. The zero-order valence-corrected chi connectivity index (χ0v) is 19.6. The first-order valence-corrected chi connectivity index (χ1v) is 11.4. The second-order valence-corrected chi connectivity index (χ2v) is 9.25. The summed E-state index contributed by atoms with van der Waals surface area (Å²) in [6, 6.07) is 12.5. The minimum atomic E-state index is -0.502. The molecule has 2 heterocycles. The Bertz CT molecular complexity index is 1200. The predicted octanol–water partition coefficient (Wildman–Crippen LogP) is 5.93. The Hall–Kier alpha value is -2.63. The fourth-order valence-electron chi connectivity index (χ4n) is 4.19. The Morgan fingerprint density at radius 1 is 1.06 bits per heavy atom. The molecule has 0 bridgehead atoms. The lowest BCUT2D eigenvalue weighted by Gasteiger charge is -2.25. The van der Waals surface area contributed by atoms with Crippen LogP contribution in [0.25, 0.3) is 11.0 Å². The fourth-order valence-corrected chi connectivity index (χ4v) is 4.36. The first kappa shape index (κ1) is 22.6. The van der Waals surface area contributed by atoms with Crippen molar-refractivity contribution >= 4 is 28.5 Å². The fraction of sp³-hybridized carbons (Fsp3) is 0.385. The number of benzene rings is 2. The molecule has 4 rings (SSSR count). The molecule has 168 valence electrons. The van der Waals surface area contributed by atoms with Gasteiger partial charge in [-0.15, -0.1) is 0 Å². The Kier molecular flexibility index (Phi) is 6.40. The SMILES string of the molecule is CC(C)OCCCN1C(=O)c2oc3ccc(Cl)cc3c(=O)c2[C@H]1c1ccc(C(C)C)cc1. The van der Waals surface area contributed by atoms with E-state index in [4.69, 9.17) is 20.8 Å². The van der Waals surface area contributed by atoms with Crippen molar-refractivity contribution in [3.8, 4) is 0 Å². The van der Waals surface area contributed by atoms with Crippen molar-refractivity contribution in [3.05, 3.63) is 80.2 Å². The van der Waals surface area contributed by atoms with Crippen LogP contribution in [0.3, 0.4) is 0 Å². The monoisotopic (exact) mass is 453 g/mol. The molecule has 0 aliphatic carbocycles. The summed E-state index contributed by atoms with van der Waals surface area (Å²) in [6.07, 6.45) is 0.789. The van der Waals surface area contributed by atoms with Crippen molar-refractivity contribution in [2.75, 3.05) is 13.2 Å². The number of hydrogen-bond donors (Lipinski definition) is 0. The number of carbonyl (C=O) groups is 1. The average molecular weight is 454 g/mol. The van der Waals surface area contributed by atoms with Crippen molar-refractivity contribution in [3.63, 3.8) is 0 Å². The van der Waals surface area contributed by atoms with E-state index in [1.807, 2.05) is 26.0 Å². The molecule has 0 spiro atoms. The molecule has 0 saturated carbocycles. The lowest BCUT2D eigenvalue weighted by atomic mass is 9.95. The highest BCUT2D eigenvalue weighted by molar-refractivity contribution is 6.31. The van der Waals surface area contributed by atoms with Crippen LogP contribution >= 0.6 is 11.6 Å². The van der Waals surface area contributed by atoms with E-state index in [9.17, 15) is 9.59 Å². The molecule has 1 aliphatic rings. The smallest absolute Gasteiger partial charge is 0.290 e. The molecule has 3 aromatic rings. The van der Waals surface area contributed by atoms with Crippen LogP contribution in [0.2, 0.25) is 5.02 Å². The van der Waals surface area contributed by atoms with Crippen LogP contribution in [-0.4, -0.2) is 30.1 Å². The molecular formula is C26H28ClNO4. The third kappa shape index (κ3) is 4.19. The summed E-state index contributed by atoms with van der Waals surface area (Å²) in [5.74, 6) is 0.242. The largest absolute Gasteiger partial charge is 0.450 e. The summed E-state index contributed by atoms with van der Waals surface area (Å²) < 4.78 is 11.6. The van der Waals surface area contributed by atoms with Crippen molar-refractivity contribution < 1.29 is 13.9 Å². The number of halogens is 1. The first-order chi connectivity index (χ1) is 15.3. The van der Waals surface area contributed by atoms with Gasteiger partial charge in [-0.05, 0) is 55.5 Å². The van der Waals surface area contributed by atoms with Crippen molar-refractivity contribution in [1.29, 1.82) is 0 Å². The third-order valence-electron chi connectivity index (χ3n) is 5.84. The molecule has 32 heavy (non-hydrogen) atoms. The highest BCUT2D eigenvalue weighted by atomic mass is 35.5. The van der Waals surface area contributed by atoms with E-state index in [1.165, 1.54) is 5.56 Å². The van der Waals surface area contributed by atoms with Gasteiger partial charge >= 0.3 is 0 Å². The zero-order valence-electron chi connectivity index (χ0n) is 18.9. The molecule has 6 heteroatoms. The third-order valence-corrected chi connectivity index (χ3v) is 6.08. The lowest BCUT2D eigenvalue weighted by Crippen LogP contribution is -2.31. The van der Waals surface area contributed by atoms with Crippen molar-refractivity contribution in [2.45, 2.75) is 52.2 Å². The number of carbonyl (C=O) groups excluding carboxylic acids is 1. The van der Waals surface area contributed by atoms with E-state index in [1.54, 1.807) is 23.1 Å². The van der Waals surface area contributed by atoms with Gasteiger partial charge in [-0.1, -0.05) is 49.7 Å². The van der Waals surface area contributed by atoms with Gasteiger partial charge in [0.15, 0.2) is 5.43 Å². The van der Waals surface area contributed by atoms with Gasteiger partial charge in [0.2, 0.25) is 5.76 Å². The van der Waals surface area contributed by atoms with E-state index < -0.39 is 6.04 Å². The second kappa shape index (κ2) is 9.08. The van der Waals surface area contributed by atoms with Crippen molar-refractivity contribution in [2.24, 2.45) is 0 Å². The first-order valence-electron chi connectivity index (χ1n) is 11.1. The Morgan fingerprint density at radius 3 is 2.44 bits per heavy atom. The number of nitrogens with zero attached hydrogens (tertiary/aromatic N) is 1. The van der Waals surface area contributed by atoms with Crippen LogP contribution in [0.15, 0.2) is 51.7 Å². The molecule has 0 N–H and O–H groups in total. The van der Waals surface area contributed by atoms with E-state index >= 15 is 0 Å². The maximum atomic E-state index is 13.5. The molecule has 5 nitrogen and oxygen atoms in total. The summed E-state index contributed by atoms with van der Waals surface area (Å²) in [5.41, 5.74) is 2.63. The molecule has 1 amide bonds. The molecular weight excluding hydrogens is 426 g/mol. The summed E-state index contributed by atoms with van der Waals surface area (Å²) in [5, 5.41) is 0.840. The van der Waals surface area contributed by atoms with Crippen LogP contribution in [-0.2, 0) is 4.74 Å². The molecule has 0 fully saturated rings. The van der Waals surface area contributed by atoms with Gasteiger partial charge in [0.1, 0.15) is 5.58 Å². The molecule has 0 saturated heterocycles. The standard InChI is InChI=1S/C26H28ClNO4/c1-15(2)17-6-8-18(9-7-17)23-22-24(29)20-14-19(27)10-11-21(20)32-25(22)26(30)28(23)12-5-13-31-16(3)4/h6-11,14-16,23H,5,12-13H2,1-4H3/t23-/m1/s1. The Morgan fingerprint density at radius 2 is 1.78 bits per heavy atom. The predicted molar refractivity (Wildman–Crippen MR) is 127 cm³/mol. The van der Waals surface area contributed by atoms with Crippen LogP contribution in [0, 0.1) is 0 Å². The van der Waals surface area contributed by atoms with Gasteiger partial charge in [0.25, 0.3) is 5.91 Å². The van der Waals surface area contributed by atoms with Crippen LogP contribution < -0.4 is 5.43 Å². The molecule has 0 radical (unpaired) electrons. The summed E-state index contributed by atoms with van der Waals surface area (Å²) in [7, 11) is 0. The summed E-state index contributed by atoms with van der Waals surface area (Å²) in [4.78, 5) is 28.6. The number of hydrogen-bond acceptors (Lipinski definition) is 4. The van der Waals surface area contributed by atoms with Crippen LogP contribution in [0.5, 0.6) is 0 Å². The number of ether oxygens (including phenoxy) is 1. The number of rotatable bonds is 7. The van der Waals surface area contributed by atoms with E-state index in [0.717, 1.165) is 5.56 Å². The van der Waals surface area contributed by atoms with Crippen LogP contribution in [0.4, 0.5) is 0 Å². The topological polar surface area (TPSA) is 59.8 Å². The van der Waals surface area contributed by atoms with Gasteiger partial charge in [-0.3, -0.25) is 9.59 Å². The lowest BCUT2D eigenvalue weighted by molar-refractivity contribution is 0.0593. The van der Waals surface area contributed by atoms with Gasteiger partial charge < -0.3 is 14.1 Å². The van der Waals surface area contributed by atoms with Crippen LogP contribution in [0.1, 0.15) is 73.3 Å². The van der Waals surface area contributed by atoms with Gasteiger partial charge in [0.05, 0.1) is 23.1 Å². The summed E-state index contributed by atoms with van der Waals surface area (Å²) in [6.45, 7) is 9.23. The highest BCUT2D eigenvalue weighted by Gasteiger charge is 2.42. The summed E-state index contributed by atoms with van der Waals surface area (Å²) >= 11 is 6.14. The molecule has 0 unspecified atom stereocenters. The normalized spacial score (nSPS) is 15.9. The maximum Gasteiger partial charge on any atom is 0.290 e. The zero-order chi connectivity index (χ0) is 23.0. The molecule has 1 aromatic heterocycles. The number of fused-ring (bicyclic) bond motifs is 2. The van der Waals surface area contributed by atoms with Gasteiger partial charge in [0, 0.05) is 18.2 Å². The second-order valence-electron chi connectivity index (χ2n) is 8.81. The van der Waals surface area contributed by atoms with E-state index in [2.05, 4.69) is 26.0 Å². The Labute approximate surface area is 192 Å². The molecule has 2 aromatic carbocycles. The van der Waals surface area contributed by atoms with E-state index in [0.29, 0.717) is 47.0 Å². The van der Waals surface area contributed by atoms with Crippen molar-refractivity contribution in [1.82, 2.24) is 4.90 Å². The average Bonchev–Trinajstić information content (AvgIpc) is 3.04. The minimum Gasteiger partial charge on any atom is -0.450 e. The van der Waals surface area contributed by atoms with Gasteiger partial charge in [-0.2, -0.15) is 0 Å². The van der Waals surface area contributed by atoms with Gasteiger partial charge in [-0.25, -0.2) is 0 Å². The maximum absolute atomic E-state index is 13.5. The molecule has 1 atom stereocenters. The minimum absolute atomic E-state index is 0.118. The number of amides is 1. The highest BCUT2D eigenvalue weighted by Crippen LogP contribution is 2.38.